The lowest BCUT2D eigenvalue weighted by molar-refractivity contribution is 0.0497. The smallest absolute Gasteiger partial charge is 0.271 e. The molecule has 33 heavy (non-hydrogen) atoms. The van der Waals surface area contributed by atoms with Gasteiger partial charge in [-0.2, -0.15) is 5.26 Å². The highest BCUT2D eigenvalue weighted by atomic mass is 19.1. The number of carbonyl (C=O) groups excluding carboxylic acids is 1. The lowest BCUT2D eigenvalue weighted by Gasteiger charge is -2.40. The van der Waals surface area contributed by atoms with Crippen LogP contribution in [0, 0.1) is 24.1 Å². The Morgan fingerprint density at radius 2 is 2.03 bits per heavy atom. The summed E-state index contributed by atoms with van der Waals surface area (Å²) < 4.78 is 15.6. The van der Waals surface area contributed by atoms with Crippen LogP contribution >= 0.6 is 0 Å². The summed E-state index contributed by atoms with van der Waals surface area (Å²) in [7, 11) is 2.12. The molecule has 1 aliphatic carbocycles. The van der Waals surface area contributed by atoms with Crippen molar-refractivity contribution in [1.29, 1.82) is 5.26 Å². The van der Waals surface area contributed by atoms with Gasteiger partial charge in [0.25, 0.3) is 11.5 Å². The molecular formula is C24H23FN6O2. The molecule has 3 aromatic rings. The molecule has 8 nitrogen and oxygen atoms in total. The number of piperazine rings is 1. The summed E-state index contributed by atoms with van der Waals surface area (Å²) in [4.78, 5) is 34.2. The molecule has 0 radical (unpaired) electrons. The van der Waals surface area contributed by atoms with Crippen LogP contribution < -0.4 is 5.56 Å². The van der Waals surface area contributed by atoms with Gasteiger partial charge in [-0.25, -0.2) is 9.07 Å². The lowest BCUT2D eigenvalue weighted by Crippen LogP contribution is -2.54. The zero-order chi connectivity index (χ0) is 23.3. The number of benzene rings is 1. The number of likely N-dealkylation sites (N-methyl/N-ethyl adjacent to an activating group) is 1. The fourth-order valence-electron chi connectivity index (χ4n) is 4.49. The van der Waals surface area contributed by atoms with E-state index in [-0.39, 0.29) is 28.1 Å². The molecule has 1 N–H and O–H groups in total. The van der Waals surface area contributed by atoms with Crippen LogP contribution in [0.4, 0.5) is 4.39 Å². The molecule has 5 rings (SSSR count). The van der Waals surface area contributed by atoms with Gasteiger partial charge in [0, 0.05) is 43.0 Å². The molecule has 1 saturated heterocycles. The molecule has 1 spiro atoms. The third-order valence-corrected chi connectivity index (χ3v) is 6.84. The van der Waals surface area contributed by atoms with E-state index in [1.165, 1.54) is 36.0 Å². The molecule has 2 aromatic heterocycles. The van der Waals surface area contributed by atoms with Gasteiger partial charge >= 0.3 is 0 Å². The van der Waals surface area contributed by atoms with Crippen molar-refractivity contribution in [2.24, 2.45) is 0 Å². The number of H-pyrrole nitrogens is 1. The van der Waals surface area contributed by atoms with Gasteiger partial charge in [-0.1, -0.05) is 0 Å². The van der Waals surface area contributed by atoms with Crippen molar-refractivity contribution in [3.8, 4) is 23.1 Å². The summed E-state index contributed by atoms with van der Waals surface area (Å²) in [5.41, 5.74) is 1.64. The number of halogens is 1. The van der Waals surface area contributed by atoms with E-state index < -0.39 is 5.82 Å². The summed E-state index contributed by atoms with van der Waals surface area (Å²) in [5, 5.41) is 11.9. The molecule has 1 amide bonds. The van der Waals surface area contributed by atoms with E-state index in [4.69, 9.17) is 5.26 Å². The Kier molecular flexibility index (Phi) is 4.91. The first-order chi connectivity index (χ1) is 15.8. The van der Waals surface area contributed by atoms with Crippen molar-refractivity contribution in [2.75, 3.05) is 26.7 Å². The fraction of sp³-hybridized carbons (Fsp3) is 0.333. The number of nitriles is 1. The number of carbonyl (C=O) groups is 1. The Hall–Kier alpha value is -3.77. The van der Waals surface area contributed by atoms with Crippen LogP contribution in [-0.2, 0) is 0 Å². The monoisotopic (exact) mass is 446 g/mol. The van der Waals surface area contributed by atoms with E-state index in [1.54, 1.807) is 18.2 Å². The number of aromatic nitrogens is 3. The van der Waals surface area contributed by atoms with Gasteiger partial charge in [-0.15, -0.1) is 0 Å². The van der Waals surface area contributed by atoms with Gasteiger partial charge in [-0.3, -0.25) is 24.6 Å². The quantitative estimate of drug-likeness (QED) is 0.667. The number of nitrogens with zero attached hydrogens (tertiary/aromatic N) is 5. The van der Waals surface area contributed by atoms with E-state index in [0.717, 1.165) is 25.9 Å². The van der Waals surface area contributed by atoms with Crippen molar-refractivity contribution in [2.45, 2.75) is 25.3 Å². The van der Waals surface area contributed by atoms with Crippen molar-refractivity contribution in [3.63, 3.8) is 0 Å². The van der Waals surface area contributed by atoms with E-state index in [0.29, 0.717) is 29.2 Å². The van der Waals surface area contributed by atoms with E-state index >= 15 is 0 Å². The van der Waals surface area contributed by atoms with Crippen LogP contribution in [-0.4, -0.2) is 62.7 Å². The zero-order valence-corrected chi connectivity index (χ0v) is 18.4. The first-order valence-electron chi connectivity index (χ1n) is 10.8. The minimum atomic E-state index is -0.657. The summed E-state index contributed by atoms with van der Waals surface area (Å²) in [6, 6.07) is 9.43. The zero-order valence-electron chi connectivity index (χ0n) is 18.4. The molecule has 1 aliphatic heterocycles. The second-order valence-corrected chi connectivity index (χ2v) is 8.83. The Balaban J connectivity index is 1.39. The molecule has 1 aromatic carbocycles. The Bertz CT molecular complexity index is 1350. The Morgan fingerprint density at radius 3 is 2.70 bits per heavy atom. The largest absolute Gasteiger partial charge is 0.335 e. The maximum absolute atomic E-state index is 14.4. The minimum Gasteiger partial charge on any atom is -0.335 e. The highest BCUT2D eigenvalue weighted by Gasteiger charge is 2.50. The standard InChI is InChI=1S/C24H23FN6O2/c1-15-20(6-4-16(12-26)22(15)25)31-21(32)11-19(28-31)18-5-3-17(13-27-18)23(33)30-10-9-29(2)24(14-30)7-8-24/h3-6,11,13,28H,7-10,14H2,1-2H3. The van der Waals surface area contributed by atoms with Crippen molar-refractivity contribution in [3.05, 3.63) is 69.4 Å². The average molecular weight is 446 g/mol. The third kappa shape index (κ3) is 3.52. The van der Waals surface area contributed by atoms with Crippen LogP contribution in [0.2, 0.25) is 0 Å². The first kappa shape index (κ1) is 21.1. The average Bonchev–Trinajstić information content (AvgIpc) is 3.50. The number of rotatable bonds is 3. The SMILES string of the molecule is Cc1c(-n2[nH]c(-c3ccc(C(=O)N4CCN(C)C5(CC5)C4)cn3)cc2=O)ccc(C#N)c1F. The Morgan fingerprint density at radius 1 is 1.24 bits per heavy atom. The van der Waals surface area contributed by atoms with E-state index in [1.807, 2.05) is 4.90 Å². The minimum absolute atomic E-state index is 0.0387. The number of aromatic amines is 1. The second kappa shape index (κ2) is 7.67. The predicted octanol–water partition coefficient (Wildman–Crippen LogP) is 2.47. The predicted molar refractivity (Wildman–Crippen MR) is 120 cm³/mol. The molecule has 1 saturated carbocycles. The summed E-state index contributed by atoms with van der Waals surface area (Å²) in [6.45, 7) is 3.80. The van der Waals surface area contributed by atoms with E-state index in [9.17, 15) is 14.0 Å². The van der Waals surface area contributed by atoms with E-state index in [2.05, 4.69) is 22.0 Å². The van der Waals surface area contributed by atoms with Gasteiger partial charge < -0.3 is 4.90 Å². The Labute approximate surface area is 189 Å². The second-order valence-electron chi connectivity index (χ2n) is 8.83. The van der Waals surface area contributed by atoms with Crippen LogP contribution in [0.3, 0.4) is 0 Å². The van der Waals surface area contributed by atoms with Crippen molar-refractivity contribution in [1.82, 2.24) is 24.6 Å². The number of nitrogens with one attached hydrogen (secondary N) is 1. The van der Waals surface area contributed by atoms with Crippen LogP contribution in [0.1, 0.15) is 34.3 Å². The van der Waals surface area contributed by atoms with Gasteiger partial charge in [0.2, 0.25) is 0 Å². The van der Waals surface area contributed by atoms with Gasteiger partial charge in [0.15, 0.2) is 0 Å². The molecule has 9 heteroatoms. The number of hydrogen-bond acceptors (Lipinski definition) is 5. The molecule has 168 valence electrons. The highest BCUT2D eigenvalue weighted by Crippen LogP contribution is 2.43. The lowest BCUT2D eigenvalue weighted by atomic mass is 10.1. The molecule has 0 atom stereocenters. The molecule has 0 unspecified atom stereocenters. The molecule has 2 aliphatic rings. The molecule has 2 fully saturated rings. The number of amides is 1. The maximum atomic E-state index is 14.4. The fourth-order valence-corrected chi connectivity index (χ4v) is 4.49. The summed E-state index contributed by atoms with van der Waals surface area (Å²) in [5.74, 6) is -0.695. The van der Waals surface area contributed by atoms with Crippen LogP contribution in [0.25, 0.3) is 17.1 Å². The highest BCUT2D eigenvalue weighted by molar-refractivity contribution is 5.94. The summed E-state index contributed by atoms with van der Waals surface area (Å²) in [6.07, 6.45) is 3.77. The van der Waals surface area contributed by atoms with Crippen LogP contribution in [0.15, 0.2) is 41.3 Å². The number of pyridine rings is 1. The molecule has 3 heterocycles. The number of hydrogen-bond donors (Lipinski definition) is 1. The normalized spacial score (nSPS) is 17.2. The molecule has 0 bridgehead atoms. The van der Waals surface area contributed by atoms with Crippen molar-refractivity contribution < 1.29 is 9.18 Å². The third-order valence-electron chi connectivity index (χ3n) is 6.84. The van der Waals surface area contributed by atoms with Gasteiger partial charge in [0.1, 0.15) is 11.9 Å². The maximum Gasteiger partial charge on any atom is 0.271 e. The van der Waals surface area contributed by atoms with Crippen molar-refractivity contribution >= 4 is 5.91 Å². The van der Waals surface area contributed by atoms with Gasteiger partial charge in [0.05, 0.1) is 28.2 Å². The van der Waals surface area contributed by atoms with Gasteiger partial charge in [-0.05, 0) is 51.1 Å². The summed E-state index contributed by atoms with van der Waals surface area (Å²) >= 11 is 0. The van der Waals surface area contributed by atoms with Crippen LogP contribution in [0.5, 0.6) is 0 Å². The molecular weight excluding hydrogens is 423 g/mol. The topological polar surface area (TPSA) is 98.0 Å². The first-order valence-corrected chi connectivity index (χ1v) is 10.8.